The molecule has 2 aromatic rings. The molecule has 1 aromatic heterocycles. The summed E-state index contributed by atoms with van der Waals surface area (Å²) in [6.07, 6.45) is 8.64. The topological polar surface area (TPSA) is 83.9 Å². The predicted molar refractivity (Wildman–Crippen MR) is 139 cm³/mol. The van der Waals surface area contributed by atoms with Gasteiger partial charge in [-0.3, -0.25) is 9.69 Å². The molecule has 1 aliphatic carbocycles. The standard InChI is InChI=1S/C28H36ClN3O4/c1-27(17-35-16-24(27)33)32-9-4-18(5-10-32)22-11-20-13-25(30-14-21(20)12-23(22)29)31-26(34)19-3-8-28(36-15-19)6-2-7-28/h11-14,18-19,24,33H,2-10,15-17H2,1H3,(H,30,31,34). The number of rotatable bonds is 4. The molecule has 36 heavy (non-hydrogen) atoms. The Hall–Kier alpha value is -1.77. The van der Waals surface area contributed by atoms with E-state index in [1.165, 1.54) is 6.42 Å². The average molecular weight is 514 g/mol. The van der Waals surface area contributed by atoms with Crippen molar-refractivity contribution in [2.75, 3.05) is 38.2 Å². The van der Waals surface area contributed by atoms with E-state index in [1.807, 2.05) is 12.1 Å². The number of aliphatic hydroxyl groups is 1. The summed E-state index contributed by atoms with van der Waals surface area (Å²) >= 11 is 6.73. The van der Waals surface area contributed by atoms with Crippen LogP contribution in [0.25, 0.3) is 10.8 Å². The van der Waals surface area contributed by atoms with E-state index in [0.717, 1.165) is 73.0 Å². The lowest BCUT2D eigenvalue weighted by Crippen LogP contribution is -2.56. The van der Waals surface area contributed by atoms with Crippen LogP contribution < -0.4 is 5.32 Å². The van der Waals surface area contributed by atoms with Crippen molar-refractivity contribution in [2.45, 2.75) is 75.0 Å². The summed E-state index contributed by atoms with van der Waals surface area (Å²) in [6, 6.07) is 6.10. The third-order valence-electron chi connectivity index (χ3n) is 9.31. The third-order valence-corrected chi connectivity index (χ3v) is 9.64. The molecule has 1 spiro atoms. The second-order valence-electron chi connectivity index (χ2n) is 11.5. The van der Waals surface area contributed by atoms with Crippen LogP contribution in [0.2, 0.25) is 5.02 Å². The zero-order valence-electron chi connectivity index (χ0n) is 21.0. The summed E-state index contributed by atoms with van der Waals surface area (Å²) in [6.45, 7) is 5.39. The number of benzene rings is 1. The highest BCUT2D eigenvalue weighted by molar-refractivity contribution is 6.32. The maximum atomic E-state index is 12.9. The molecule has 194 valence electrons. The number of fused-ring (bicyclic) bond motifs is 1. The first-order chi connectivity index (χ1) is 17.4. The van der Waals surface area contributed by atoms with Crippen LogP contribution in [0, 0.1) is 5.92 Å². The van der Waals surface area contributed by atoms with Crippen LogP contribution in [-0.2, 0) is 14.3 Å². The molecule has 3 aliphatic heterocycles. The smallest absolute Gasteiger partial charge is 0.230 e. The van der Waals surface area contributed by atoms with Gasteiger partial charge in [0.25, 0.3) is 0 Å². The van der Waals surface area contributed by atoms with Gasteiger partial charge in [0.1, 0.15) is 5.82 Å². The molecular weight excluding hydrogens is 478 g/mol. The average Bonchev–Trinajstić information content (AvgIpc) is 3.22. The Morgan fingerprint density at radius 3 is 2.58 bits per heavy atom. The number of carbonyl (C=O) groups is 1. The summed E-state index contributed by atoms with van der Waals surface area (Å²) in [5.74, 6) is 0.794. The number of aromatic nitrogens is 1. The van der Waals surface area contributed by atoms with Crippen LogP contribution in [0.5, 0.6) is 0 Å². The molecule has 6 rings (SSSR count). The molecule has 1 saturated carbocycles. The monoisotopic (exact) mass is 513 g/mol. The Kier molecular flexibility index (Phi) is 6.49. The number of halogens is 1. The molecule has 7 nitrogen and oxygen atoms in total. The van der Waals surface area contributed by atoms with Crippen LogP contribution in [0.15, 0.2) is 24.4 Å². The van der Waals surface area contributed by atoms with E-state index in [-0.39, 0.29) is 23.0 Å². The maximum absolute atomic E-state index is 12.9. The molecule has 0 bridgehead atoms. The summed E-state index contributed by atoms with van der Waals surface area (Å²) < 4.78 is 11.6. The number of carbonyl (C=O) groups excluding carboxylic acids is 1. The number of anilines is 1. The van der Waals surface area contributed by atoms with Crippen molar-refractivity contribution in [3.8, 4) is 0 Å². The molecule has 3 atom stereocenters. The Labute approximate surface area is 217 Å². The first-order valence-electron chi connectivity index (χ1n) is 13.4. The number of hydrogen-bond donors (Lipinski definition) is 2. The zero-order valence-corrected chi connectivity index (χ0v) is 21.7. The van der Waals surface area contributed by atoms with E-state index in [0.29, 0.717) is 31.6 Å². The van der Waals surface area contributed by atoms with E-state index in [1.54, 1.807) is 6.20 Å². The number of hydrogen-bond acceptors (Lipinski definition) is 6. The van der Waals surface area contributed by atoms with Crippen molar-refractivity contribution in [1.82, 2.24) is 9.88 Å². The molecule has 1 aromatic carbocycles. The van der Waals surface area contributed by atoms with E-state index < -0.39 is 6.10 Å². The van der Waals surface area contributed by atoms with Gasteiger partial charge in [-0.1, -0.05) is 11.6 Å². The van der Waals surface area contributed by atoms with Crippen LogP contribution in [0.1, 0.15) is 63.4 Å². The van der Waals surface area contributed by atoms with Gasteiger partial charge in [0.05, 0.1) is 43.0 Å². The number of ether oxygens (including phenoxy) is 2. The minimum Gasteiger partial charge on any atom is -0.389 e. The van der Waals surface area contributed by atoms with Crippen molar-refractivity contribution in [1.29, 1.82) is 0 Å². The minimum atomic E-state index is -0.445. The van der Waals surface area contributed by atoms with Crippen LogP contribution in [-0.4, -0.2) is 71.1 Å². The predicted octanol–water partition coefficient (Wildman–Crippen LogP) is 4.51. The number of amides is 1. The normalized spacial score (nSPS) is 31.0. The Balaban J connectivity index is 1.13. The first kappa shape index (κ1) is 24.6. The van der Waals surface area contributed by atoms with Gasteiger partial charge < -0.3 is 19.9 Å². The van der Waals surface area contributed by atoms with Crippen LogP contribution in [0.3, 0.4) is 0 Å². The second kappa shape index (κ2) is 9.52. The van der Waals surface area contributed by atoms with Gasteiger partial charge >= 0.3 is 0 Å². The Bertz CT molecular complexity index is 1140. The number of aliphatic hydroxyl groups excluding tert-OH is 1. The second-order valence-corrected chi connectivity index (χ2v) is 11.9. The summed E-state index contributed by atoms with van der Waals surface area (Å²) in [4.78, 5) is 19.7. The minimum absolute atomic E-state index is 0.0100. The highest BCUT2D eigenvalue weighted by Gasteiger charge is 2.45. The van der Waals surface area contributed by atoms with Gasteiger partial charge in [-0.15, -0.1) is 0 Å². The molecule has 3 saturated heterocycles. The zero-order chi connectivity index (χ0) is 24.9. The molecule has 4 heterocycles. The fourth-order valence-electron chi connectivity index (χ4n) is 6.49. The lowest BCUT2D eigenvalue weighted by molar-refractivity contribution is -0.154. The number of nitrogens with one attached hydrogen (secondary N) is 1. The number of likely N-dealkylation sites (tertiary alicyclic amines) is 1. The number of nitrogens with zero attached hydrogens (tertiary/aromatic N) is 2. The van der Waals surface area contributed by atoms with Gasteiger partial charge in [0.2, 0.25) is 5.91 Å². The maximum Gasteiger partial charge on any atom is 0.230 e. The van der Waals surface area contributed by atoms with Crippen molar-refractivity contribution in [3.05, 3.63) is 35.0 Å². The molecule has 4 aliphatic rings. The molecule has 1 amide bonds. The van der Waals surface area contributed by atoms with Crippen molar-refractivity contribution in [3.63, 3.8) is 0 Å². The molecule has 8 heteroatoms. The molecule has 2 N–H and O–H groups in total. The van der Waals surface area contributed by atoms with Gasteiger partial charge in [-0.2, -0.15) is 0 Å². The van der Waals surface area contributed by atoms with E-state index in [2.05, 4.69) is 28.2 Å². The summed E-state index contributed by atoms with van der Waals surface area (Å²) in [5, 5.41) is 16.2. The quantitative estimate of drug-likeness (QED) is 0.626. The molecule has 0 radical (unpaired) electrons. The van der Waals surface area contributed by atoms with Gasteiger partial charge in [0.15, 0.2) is 0 Å². The van der Waals surface area contributed by atoms with E-state index in [4.69, 9.17) is 21.1 Å². The highest BCUT2D eigenvalue weighted by atomic mass is 35.5. The number of piperidine rings is 1. The molecular formula is C28H36ClN3O4. The van der Waals surface area contributed by atoms with Crippen molar-refractivity contribution in [2.24, 2.45) is 5.92 Å². The first-order valence-corrected chi connectivity index (χ1v) is 13.8. The fraction of sp³-hybridized carbons (Fsp3) is 0.643. The third kappa shape index (κ3) is 4.43. The van der Waals surface area contributed by atoms with Gasteiger partial charge in [-0.25, -0.2) is 4.98 Å². The lowest BCUT2D eigenvalue weighted by Gasteiger charge is -2.46. The van der Waals surface area contributed by atoms with Crippen LogP contribution >= 0.6 is 11.6 Å². The highest BCUT2D eigenvalue weighted by Crippen LogP contribution is 2.44. The van der Waals surface area contributed by atoms with Gasteiger partial charge in [-0.05, 0) is 100 Å². The molecule has 4 fully saturated rings. The lowest BCUT2D eigenvalue weighted by atomic mass is 9.73. The SMILES string of the molecule is CC1(N2CCC(c3cc4cc(NC(=O)C5CCC6(CCC6)OC5)ncc4cc3Cl)CC2)COCC1O. The Morgan fingerprint density at radius 1 is 1.14 bits per heavy atom. The van der Waals surface area contributed by atoms with Gasteiger partial charge in [0, 0.05) is 16.6 Å². The van der Waals surface area contributed by atoms with Crippen molar-refractivity contribution >= 4 is 34.1 Å². The largest absolute Gasteiger partial charge is 0.389 e. The number of pyridine rings is 1. The molecule has 3 unspecified atom stereocenters. The van der Waals surface area contributed by atoms with Crippen molar-refractivity contribution < 1.29 is 19.4 Å². The van der Waals surface area contributed by atoms with E-state index >= 15 is 0 Å². The van der Waals surface area contributed by atoms with E-state index in [9.17, 15) is 9.90 Å². The van der Waals surface area contributed by atoms with Crippen LogP contribution in [0.4, 0.5) is 5.82 Å². The summed E-state index contributed by atoms with van der Waals surface area (Å²) in [7, 11) is 0. The fourth-order valence-corrected chi connectivity index (χ4v) is 6.82. The Morgan fingerprint density at radius 2 is 1.94 bits per heavy atom. The summed E-state index contributed by atoms with van der Waals surface area (Å²) in [5.41, 5.74) is 0.900.